The van der Waals surface area contributed by atoms with Crippen LogP contribution < -0.4 is 4.90 Å². The van der Waals surface area contributed by atoms with Crippen molar-refractivity contribution in [3.8, 4) is 0 Å². The lowest BCUT2D eigenvalue weighted by molar-refractivity contribution is 0.101. The molecule has 1 unspecified atom stereocenters. The first-order chi connectivity index (χ1) is 8.49. The molecule has 1 fully saturated rings. The largest absolute Gasteiger partial charge is 0.366 e. The van der Waals surface area contributed by atoms with Crippen molar-refractivity contribution in [2.45, 2.75) is 19.9 Å². The van der Waals surface area contributed by atoms with E-state index in [-0.39, 0.29) is 11.6 Å². The van der Waals surface area contributed by atoms with Crippen molar-refractivity contribution in [3.05, 3.63) is 29.6 Å². The molecule has 1 aromatic rings. The molecule has 0 aromatic heterocycles. The predicted octanol–water partition coefficient (Wildman–Crippen LogP) is 2.17. The third kappa shape index (κ3) is 2.53. The minimum Gasteiger partial charge on any atom is -0.366 e. The molecule has 1 heterocycles. The molecule has 0 N–H and O–H groups in total. The molecule has 0 amide bonds. The van der Waals surface area contributed by atoms with Gasteiger partial charge in [-0.3, -0.25) is 4.79 Å². The van der Waals surface area contributed by atoms with E-state index in [0.29, 0.717) is 17.3 Å². The van der Waals surface area contributed by atoms with E-state index in [1.807, 2.05) is 4.90 Å². The summed E-state index contributed by atoms with van der Waals surface area (Å²) in [6.45, 7) is 6.14. The van der Waals surface area contributed by atoms with Crippen molar-refractivity contribution >= 4 is 11.5 Å². The molecule has 0 bridgehead atoms. The minimum atomic E-state index is -0.306. The molecule has 4 heteroatoms. The maximum absolute atomic E-state index is 14.0. The minimum absolute atomic E-state index is 0.104. The van der Waals surface area contributed by atoms with Crippen LogP contribution in [0.1, 0.15) is 24.2 Å². The Hall–Kier alpha value is -1.42. The van der Waals surface area contributed by atoms with Gasteiger partial charge in [0.15, 0.2) is 5.78 Å². The van der Waals surface area contributed by atoms with Crippen molar-refractivity contribution in [2.24, 2.45) is 0 Å². The summed E-state index contributed by atoms with van der Waals surface area (Å²) in [5.74, 6) is -0.411. The molecule has 1 aromatic carbocycles. The van der Waals surface area contributed by atoms with Crippen LogP contribution in [0.2, 0.25) is 0 Å². The Labute approximate surface area is 107 Å². The molecule has 1 aliphatic heterocycles. The lowest BCUT2D eigenvalue weighted by atomic mass is 10.1. The molecule has 1 aliphatic rings. The molecular weight excluding hydrogens is 231 g/mol. The Morgan fingerprint density at radius 1 is 1.39 bits per heavy atom. The van der Waals surface area contributed by atoms with E-state index in [9.17, 15) is 9.18 Å². The third-order valence-electron chi connectivity index (χ3n) is 3.65. The van der Waals surface area contributed by atoms with Crippen LogP contribution in [0, 0.1) is 5.82 Å². The topological polar surface area (TPSA) is 23.6 Å². The molecule has 0 radical (unpaired) electrons. The zero-order valence-electron chi connectivity index (χ0n) is 11.1. The number of Topliss-reactive ketones (excluding diaryl/α,β-unsaturated/α-hetero) is 1. The normalized spacial score (nSPS) is 21.1. The SMILES string of the molecule is CC(=O)c1ccc(N2CCN(C)C(C)C2)c(F)c1. The second-order valence-electron chi connectivity index (χ2n) is 5.00. The number of likely N-dealkylation sites (N-methyl/N-ethyl adjacent to an activating group) is 1. The summed E-state index contributed by atoms with van der Waals surface area (Å²) in [6.07, 6.45) is 0. The highest BCUT2D eigenvalue weighted by Crippen LogP contribution is 2.23. The molecule has 3 nitrogen and oxygen atoms in total. The lowest BCUT2D eigenvalue weighted by Crippen LogP contribution is -2.50. The first kappa shape index (κ1) is 13.0. The highest BCUT2D eigenvalue weighted by molar-refractivity contribution is 5.94. The summed E-state index contributed by atoms with van der Waals surface area (Å²) in [5, 5.41) is 0. The summed E-state index contributed by atoms with van der Waals surface area (Å²) in [6, 6.07) is 5.15. The van der Waals surface area contributed by atoms with Gasteiger partial charge >= 0.3 is 0 Å². The van der Waals surface area contributed by atoms with E-state index < -0.39 is 0 Å². The van der Waals surface area contributed by atoms with Crippen molar-refractivity contribution < 1.29 is 9.18 Å². The van der Waals surface area contributed by atoms with Crippen LogP contribution in [-0.4, -0.2) is 43.4 Å². The van der Waals surface area contributed by atoms with E-state index in [0.717, 1.165) is 19.6 Å². The van der Waals surface area contributed by atoms with Crippen LogP contribution in [0.5, 0.6) is 0 Å². The maximum atomic E-state index is 14.0. The zero-order chi connectivity index (χ0) is 13.3. The molecule has 1 atom stereocenters. The number of hydrogen-bond acceptors (Lipinski definition) is 3. The van der Waals surface area contributed by atoms with Gasteiger partial charge in [0.1, 0.15) is 5.82 Å². The van der Waals surface area contributed by atoms with Crippen LogP contribution in [0.15, 0.2) is 18.2 Å². The molecular formula is C14H19FN2O. The number of carbonyl (C=O) groups is 1. The fourth-order valence-electron chi connectivity index (χ4n) is 2.25. The second kappa shape index (κ2) is 5.06. The van der Waals surface area contributed by atoms with Gasteiger partial charge in [-0.25, -0.2) is 4.39 Å². The highest BCUT2D eigenvalue weighted by atomic mass is 19.1. The Bertz CT molecular complexity index is 461. The molecule has 1 saturated heterocycles. The van der Waals surface area contributed by atoms with Crippen molar-refractivity contribution in [2.75, 3.05) is 31.6 Å². The van der Waals surface area contributed by atoms with Crippen LogP contribution in [0.4, 0.5) is 10.1 Å². The number of carbonyl (C=O) groups excluding carboxylic acids is 1. The lowest BCUT2D eigenvalue weighted by Gasteiger charge is -2.39. The maximum Gasteiger partial charge on any atom is 0.159 e. The number of ketones is 1. The summed E-state index contributed by atoms with van der Waals surface area (Å²) < 4.78 is 14.0. The summed E-state index contributed by atoms with van der Waals surface area (Å²) >= 11 is 0. The standard InChI is InChI=1S/C14H19FN2O/c1-10-9-17(7-6-16(10)3)14-5-4-12(11(2)18)8-13(14)15/h4-5,8,10H,6-7,9H2,1-3H3. The summed E-state index contributed by atoms with van der Waals surface area (Å²) in [5.41, 5.74) is 1.03. The summed E-state index contributed by atoms with van der Waals surface area (Å²) in [7, 11) is 2.08. The van der Waals surface area contributed by atoms with Crippen LogP contribution in [0.25, 0.3) is 0 Å². The number of hydrogen-bond donors (Lipinski definition) is 0. The quantitative estimate of drug-likeness (QED) is 0.752. The van der Waals surface area contributed by atoms with Crippen LogP contribution in [0.3, 0.4) is 0 Å². The van der Waals surface area contributed by atoms with Crippen LogP contribution >= 0.6 is 0 Å². The van der Waals surface area contributed by atoms with Gasteiger partial charge in [-0.2, -0.15) is 0 Å². The molecule has 0 aliphatic carbocycles. The molecule has 0 saturated carbocycles. The van der Waals surface area contributed by atoms with Crippen molar-refractivity contribution in [3.63, 3.8) is 0 Å². The van der Waals surface area contributed by atoms with E-state index in [2.05, 4.69) is 18.9 Å². The van der Waals surface area contributed by atoms with Gasteiger partial charge in [0.2, 0.25) is 0 Å². The van der Waals surface area contributed by atoms with E-state index >= 15 is 0 Å². The Kier molecular flexibility index (Phi) is 3.66. The van der Waals surface area contributed by atoms with Gasteiger partial charge in [-0.1, -0.05) is 0 Å². The molecule has 98 valence electrons. The second-order valence-corrected chi connectivity index (χ2v) is 5.00. The average Bonchev–Trinajstić information content (AvgIpc) is 2.32. The zero-order valence-corrected chi connectivity index (χ0v) is 11.1. The monoisotopic (exact) mass is 250 g/mol. The number of nitrogens with zero attached hydrogens (tertiary/aromatic N) is 2. The molecule has 2 rings (SSSR count). The first-order valence-corrected chi connectivity index (χ1v) is 6.24. The van der Waals surface area contributed by atoms with Crippen molar-refractivity contribution in [1.82, 2.24) is 4.90 Å². The van der Waals surface area contributed by atoms with E-state index in [4.69, 9.17) is 0 Å². The fraction of sp³-hybridized carbons (Fsp3) is 0.500. The number of benzene rings is 1. The van der Waals surface area contributed by atoms with Gasteiger partial charge in [0.25, 0.3) is 0 Å². The van der Waals surface area contributed by atoms with Crippen LogP contribution in [-0.2, 0) is 0 Å². The molecule has 18 heavy (non-hydrogen) atoms. The summed E-state index contributed by atoms with van der Waals surface area (Å²) in [4.78, 5) is 15.5. The molecule has 0 spiro atoms. The average molecular weight is 250 g/mol. The van der Waals surface area contributed by atoms with Gasteiger partial charge in [0.05, 0.1) is 5.69 Å². The fourth-order valence-corrected chi connectivity index (χ4v) is 2.25. The van der Waals surface area contributed by atoms with Crippen molar-refractivity contribution in [1.29, 1.82) is 0 Å². The van der Waals surface area contributed by atoms with Gasteiger partial charge in [0, 0.05) is 31.2 Å². The number of piperazine rings is 1. The predicted molar refractivity (Wildman–Crippen MR) is 70.7 cm³/mol. The Balaban J connectivity index is 2.21. The Morgan fingerprint density at radius 2 is 2.11 bits per heavy atom. The number of rotatable bonds is 2. The highest BCUT2D eigenvalue weighted by Gasteiger charge is 2.22. The smallest absolute Gasteiger partial charge is 0.159 e. The Morgan fingerprint density at radius 3 is 2.67 bits per heavy atom. The first-order valence-electron chi connectivity index (χ1n) is 6.24. The van der Waals surface area contributed by atoms with Gasteiger partial charge < -0.3 is 9.80 Å². The third-order valence-corrected chi connectivity index (χ3v) is 3.65. The van der Waals surface area contributed by atoms with Gasteiger partial charge in [-0.05, 0) is 39.1 Å². The number of anilines is 1. The van der Waals surface area contributed by atoms with E-state index in [1.165, 1.54) is 13.0 Å². The van der Waals surface area contributed by atoms with E-state index in [1.54, 1.807) is 12.1 Å². The van der Waals surface area contributed by atoms with Gasteiger partial charge in [-0.15, -0.1) is 0 Å². The number of halogens is 1.